The number of aromatic nitrogens is 3. The molecule has 3 heterocycles. The zero-order chi connectivity index (χ0) is 17.9. The molecule has 0 amide bonds. The van der Waals surface area contributed by atoms with Gasteiger partial charge in [0.1, 0.15) is 11.6 Å². The van der Waals surface area contributed by atoms with Gasteiger partial charge in [-0.3, -0.25) is 0 Å². The Morgan fingerprint density at radius 3 is 2.73 bits per heavy atom. The predicted octanol–water partition coefficient (Wildman–Crippen LogP) is 3.96. The average molecular weight is 347 g/mol. The number of nitrogens with one attached hydrogen (secondary N) is 1. The maximum atomic E-state index is 4.80. The van der Waals surface area contributed by atoms with Gasteiger partial charge in [0.25, 0.3) is 0 Å². The Bertz CT molecular complexity index is 856. The molecule has 0 saturated heterocycles. The van der Waals surface area contributed by atoms with Gasteiger partial charge in [0.2, 0.25) is 0 Å². The molecule has 4 rings (SSSR count). The highest BCUT2D eigenvalue weighted by atomic mass is 15.1. The number of aryl methyl sites for hydroxylation is 2. The number of hydrogen-bond acceptors (Lipinski definition) is 4. The highest BCUT2D eigenvalue weighted by Gasteiger charge is 2.13. The molecule has 1 N–H and O–H groups in total. The average Bonchev–Trinajstić information content (AvgIpc) is 3.11. The smallest absolute Gasteiger partial charge is 0.132 e. The Morgan fingerprint density at radius 1 is 1.12 bits per heavy atom. The van der Waals surface area contributed by atoms with E-state index in [0.29, 0.717) is 0 Å². The van der Waals surface area contributed by atoms with Crippen LogP contribution in [0.25, 0.3) is 11.3 Å². The van der Waals surface area contributed by atoms with Crippen molar-refractivity contribution in [3.05, 3.63) is 60.2 Å². The molecule has 0 fully saturated rings. The van der Waals surface area contributed by atoms with Crippen molar-refractivity contribution in [3.63, 3.8) is 0 Å². The van der Waals surface area contributed by atoms with Crippen molar-refractivity contribution in [2.75, 3.05) is 24.3 Å². The number of hydrogen-bond donors (Lipinski definition) is 1. The molecule has 0 spiro atoms. The monoisotopic (exact) mass is 347 g/mol. The molecule has 0 unspecified atom stereocenters. The van der Waals surface area contributed by atoms with Crippen LogP contribution in [0.3, 0.4) is 0 Å². The van der Waals surface area contributed by atoms with Gasteiger partial charge < -0.3 is 14.8 Å². The standard InChI is InChI=1S/C21H25N5/c1-25(2)21-17(6-5-12-22-21)14-23-18-10-8-16(9-11-18)19-15-26-13-4-3-7-20(26)24-19/h5-6,8-12,15,23H,3-4,7,13-14H2,1-2H3. The maximum absolute atomic E-state index is 4.80. The highest BCUT2D eigenvalue weighted by Crippen LogP contribution is 2.24. The third-order valence-electron chi connectivity index (χ3n) is 4.86. The summed E-state index contributed by atoms with van der Waals surface area (Å²) in [6, 6.07) is 12.6. The van der Waals surface area contributed by atoms with E-state index in [9.17, 15) is 0 Å². The highest BCUT2D eigenvalue weighted by molar-refractivity contribution is 5.62. The van der Waals surface area contributed by atoms with E-state index in [2.05, 4.69) is 51.4 Å². The quantitative estimate of drug-likeness (QED) is 0.759. The summed E-state index contributed by atoms with van der Waals surface area (Å²) in [7, 11) is 4.04. The number of fused-ring (bicyclic) bond motifs is 1. The summed E-state index contributed by atoms with van der Waals surface area (Å²) < 4.78 is 2.30. The number of nitrogens with zero attached hydrogens (tertiary/aromatic N) is 4. The van der Waals surface area contributed by atoms with Gasteiger partial charge >= 0.3 is 0 Å². The van der Waals surface area contributed by atoms with Gasteiger partial charge in [-0.05, 0) is 31.0 Å². The first-order valence-corrected chi connectivity index (χ1v) is 9.22. The minimum Gasteiger partial charge on any atom is -0.381 e. The van der Waals surface area contributed by atoms with Crippen molar-refractivity contribution in [3.8, 4) is 11.3 Å². The SMILES string of the molecule is CN(C)c1ncccc1CNc1ccc(-c2cn3c(n2)CCCC3)cc1. The molecule has 26 heavy (non-hydrogen) atoms. The first-order chi connectivity index (χ1) is 12.7. The Morgan fingerprint density at radius 2 is 1.96 bits per heavy atom. The van der Waals surface area contributed by atoms with Crippen molar-refractivity contribution in [2.24, 2.45) is 0 Å². The molecule has 1 aliphatic heterocycles. The largest absolute Gasteiger partial charge is 0.381 e. The van der Waals surface area contributed by atoms with Crippen molar-refractivity contribution in [1.82, 2.24) is 14.5 Å². The van der Waals surface area contributed by atoms with Gasteiger partial charge in [-0.1, -0.05) is 18.2 Å². The third-order valence-corrected chi connectivity index (χ3v) is 4.86. The molecule has 2 aromatic heterocycles. The zero-order valence-corrected chi connectivity index (χ0v) is 15.4. The van der Waals surface area contributed by atoms with Crippen LogP contribution in [0.2, 0.25) is 0 Å². The Kier molecular flexibility index (Phi) is 4.61. The fourth-order valence-corrected chi connectivity index (χ4v) is 3.48. The summed E-state index contributed by atoms with van der Waals surface area (Å²) in [5.41, 5.74) is 4.54. The van der Waals surface area contributed by atoms with E-state index >= 15 is 0 Å². The molecular formula is C21H25N5. The maximum Gasteiger partial charge on any atom is 0.132 e. The number of rotatable bonds is 5. The van der Waals surface area contributed by atoms with Crippen LogP contribution in [0.15, 0.2) is 48.8 Å². The summed E-state index contributed by atoms with van der Waals surface area (Å²) in [6.45, 7) is 1.85. The Balaban J connectivity index is 1.46. The second-order valence-corrected chi connectivity index (χ2v) is 7.00. The van der Waals surface area contributed by atoms with Crippen molar-refractivity contribution in [1.29, 1.82) is 0 Å². The Labute approximate surface area is 154 Å². The van der Waals surface area contributed by atoms with Crippen molar-refractivity contribution in [2.45, 2.75) is 32.4 Å². The van der Waals surface area contributed by atoms with Gasteiger partial charge in [-0.2, -0.15) is 0 Å². The molecule has 0 atom stereocenters. The van der Waals surface area contributed by atoms with Crippen LogP contribution in [-0.2, 0) is 19.5 Å². The summed E-state index contributed by atoms with van der Waals surface area (Å²) >= 11 is 0. The minimum absolute atomic E-state index is 0.749. The van der Waals surface area contributed by atoms with Gasteiger partial charge in [-0.25, -0.2) is 9.97 Å². The first kappa shape index (κ1) is 16.6. The van der Waals surface area contributed by atoms with Gasteiger partial charge in [0, 0.05) is 62.8 Å². The number of anilines is 2. The summed E-state index contributed by atoms with van der Waals surface area (Å²) in [5, 5.41) is 3.49. The third kappa shape index (κ3) is 3.43. The molecule has 134 valence electrons. The van der Waals surface area contributed by atoms with Crippen LogP contribution in [0.1, 0.15) is 24.2 Å². The van der Waals surface area contributed by atoms with E-state index in [-0.39, 0.29) is 0 Å². The van der Waals surface area contributed by atoms with E-state index in [1.807, 2.05) is 31.3 Å². The molecule has 0 radical (unpaired) electrons. The van der Waals surface area contributed by atoms with Gasteiger partial charge in [0.05, 0.1) is 5.69 Å². The molecule has 3 aromatic rings. The molecule has 0 aliphatic carbocycles. The van der Waals surface area contributed by atoms with Crippen LogP contribution in [0.4, 0.5) is 11.5 Å². The molecule has 0 saturated carbocycles. The summed E-state index contributed by atoms with van der Waals surface area (Å²) in [6.07, 6.45) is 7.63. The fourth-order valence-electron chi connectivity index (χ4n) is 3.48. The van der Waals surface area contributed by atoms with E-state index in [4.69, 9.17) is 4.98 Å². The van der Waals surface area contributed by atoms with Crippen molar-refractivity contribution < 1.29 is 0 Å². The molecule has 0 bridgehead atoms. The van der Waals surface area contributed by atoms with Crippen LogP contribution in [0, 0.1) is 0 Å². The molecule has 1 aromatic carbocycles. The normalized spacial score (nSPS) is 13.3. The van der Waals surface area contributed by atoms with E-state index in [1.165, 1.54) is 29.8 Å². The Hall–Kier alpha value is -2.82. The topological polar surface area (TPSA) is 46.0 Å². The molecule has 5 nitrogen and oxygen atoms in total. The van der Waals surface area contributed by atoms with E-state index in [0.717, 1.165) is 36.7 Å². The summed E-state index contributed by atoms with van der Waals surface area (Å²) in [5.74, 6) is 2.22. The lowest BCUT2D eigenvalue weighted by Gasteiger charge is -2.16. The lowest BCUT2D eigenvalue weighted by atomic mass is 10.1. The lowest BCUT2D eigenvalue weighted by molar-refractivity contribution is 0.522. The molecule has 1 aliphatic rings. The fraction of sp³-hybridized carbons (Fsp3) is 0.333. The second kappa shape index (κ2) is 7.20. The zero-order valence-electron chi connectivity index (χ0n) is 15.4. The van der Waals surface area contributed by atoms with Crippen LogP contribution >= 0.6 is 0 Å². The summed E-state index contributed by atoms with van der Waals surface area (Å²) in [4.78, 5) is 11.3. The van der Waals surface area contributed by atoms with Crippen LogP contribution in [-0.4, -0.2) is 28.6 Å². The van der Waals surface area contributed by atoms with Crippen LogP contribution < -0.4 is 10.2 Å². The predicted molar refractivity (Wildman–Crippen MR) is 106 cm³/mol. The van der Waals surface area contributed by atoms with Gasteiger partial charge in [0.15, 0.2) is 0 Å². The van der Waals surface area contributed by atoms with E-state index < -0.39 is 0 Å². The number of pyridine rings is 1. The number of imidazole rings is 1. The number of benzene rings is 1. The lowest BCUT2D eigenvalue weighted by Crippen LogP contribution is -2.14. The molecular weight excluding hydrogens is 322 g/mol. The second-order valence-electron chi connectivity index (χ2n) is 7.00. The van der Waals surface area contributed by atoms with Crippen molar-refractivity contribution >= 4 is 11.5 Å². The minimum atomic E-state index is 0.749. The van der Waals surface area contributed by atoms with E-state index in [1.54, 1.807) is 0 Å². The first-order valence-electron chi connectivity index (χ1n) is 9.22. The van der Waals surface area contributed by atoms with Crippen LogP contribution in [0.5, 0.6) is 0 Å². The molecule has 5 heteroatoms. The van der Waals surface area contributed by atoms with Gasteiger partial charge in [-0.15, -0.1) is 0 Å².